The molecule has 0 aliphatic rings. The van der Waals surface area contributed by atoms with Crippen LogP contribution in [0.3, 0.4) is 0 Å². The Morgan fingerprint density at radius 1 is 0.508 bits per heavy atom. The maximum absolute atomic E-state index is 12.6. The number of carbonyl (C=O) groups excluding carboxylic acids is 2. The number of ether oxygens (including phenoxy) is 2. The van der Waals surface area contributed by atoms with Crippen LogP contribution in [-0.4, -0.2) is 49.3 Å². The molecule has 0 saturated carbocycles. The number of hydrogen-bond donors (Lipinski definition) is 2. The van der Waals surface area contributed by atoms with E-state index >= 15 is 0 Å². The average Bonchev–Trinajstić information content (AvgIpc) is 3.25. The van der Waals surface area contributed by atoms with Gasteiger partial charge in [0.1, 0.15) is 6.61 Å². The largest absolute Gasteiger partial charge is 0.472 e. The highest BCUT2D eigenvalue weighted by molar-refractivity contribution is 7.47. The molecule has 0 spiro atoms. The van der Waals surface area contributed by atoms with Crippen LogP contribution in [0.1, 0.15) is 219 Å². The summed E-state index contributed by atoms with van der Waals surface area (Å²) in [5, 5.41) is 0. The molecule has 0 rings (SSSR count). The van der Waals surface area contributed by atoms with Crippen molar-refractivity contribution in [1.82, 2.24) is 0 Å². The summed E-state index contributed by atoms with van der Waals surface area (Å²) in [4.78, 5) is 35.0. The molecule has 61 heavy (non-hydrogen) atoms. The van der Waals surface area contributed by atoms with Crippen LogP contribution in [0.15, 0.2) is 60.8 Å². The molecule has 10 heteroatoms. The molecule has 2 unspecified atom stereocenters. The molecule has 0 aliphatic carbocycles. The predicted molar refractivity (Wildman–Crippen MR) is 256 cm³/mol. The number of esters is 2. The second-order valence-electron chi connectivity index (χ2n) is 16.3. The van der Waals surface area contributed by atoms with E-state index in [2.05, 4.69) is 74.6 Å². The van der Waals surface area contributed by atoms with Gasteiger partial charge in [-0.15, -0.1) is 0 Å². The molecule has 0 heterocycles. The first-order valence-electron chi connectivity index (χ1n) is 24.8. The fourth-order valence-electron chi connectivity index (χ4n) is 6.78. The molecule has 0 radical (unpaired) electrons. The lowest BCUT2D eigenvalue weighted by atomic mass is 10.0. The van der Waals surface area contributed by atoms with Gasteiger partial charge in [0.25, 0.3) is 0 Å². The van der Waals surface area contributed by atoms with Crippen LogP contribution in [0.2, 0.25) is 0 Å². The van der Waals surface area contributed by atoms with E-state index in [4.69, 9.17) is 24.3 Å². The van der Waals surface area contributed by atoms with E-state index in [9.17, 15) is 19.0 Å². The van der Waals surface area contributed by atoms with Crippen LogP contribution in [0, 0.1) is 0 Å². The third-order valence-electron chi connectivity index (χ3n) is 10.4. The SMILES string of the molecule is CC/C=C\C/C=C\C/C=C\C/C=C\C/C=C\CCCCCC(=O)OC(COC(=O)CCCCCCCCCCCCCCCCCCCCCCC)COP(=O)(O)OCCN. The summed E-state index contributed by atoms with van der Waals surface area (Å²) in [5.74, 6) is -0.861. The first-order valence-corrected chi connectivity index (χ1v) is 26.3. The Hall–Kier alpha value is -2.29. The van der Waals surface area contributed by atoms with E-state index in [-0.39, 0.29) is 38.6 Å². The van der Waals surface area contributed by atoms with Crippen LogP contribution in [0.4, 0.5) is 0 Å². The van der Waals surface area contributed by atoms with Gasteiger partial charge in [0, 0.05) is 19.4 Å². The van der Waals surface area contributed by atoms with Crippen LogP contribution in [-0.2, 0) is 32.7 Å². The molecule has 9 nitrogen and oxygen atoms in total. The molecule has 354 valence electrons. The Morgan fingerprint density at radius 2 is 0.902 bits per heavy atom. The summed E-state index contributed by atoms with van der Waals surface area (Å²) in [6.45, 7) is 3.60. The zero-order chi connectivity index (χ0) is 44.6. The molecule has 0 fully saturated rings. The van der Waals surface area contributed by atoms with Crippen molar-refractivity contribution in [3.63, 3.8) is 0 Å². The van der Waals surface area contributed by atoms with Crippen molar-refractivity contribution in [3.05, 3.63) is 60.8 Å². The Balaban J connectivity index is 4.11. The smallest absolute Gasteiger partial charge is 0.462 e. The zero-order valence-corrected chi connectivity index (χ0v) is 40.0. The average molecular weight is 878 g/mol. The third-order valence-corrected chi connectivity index (χ3v) is 11.4. The molecule has 0 aromatic rings. The van der Waals surface area contributed by atoms with Gasteiger partial charge in [0.15, 0.2) is 6.10 Å². The van der Waals surface area contributed by atoms with Gasteiger partial charge in [0.2, 0.25) is 0 Å². The lowest BCUT2D eigenvalue weighted by Crippen LogP contribution is -2.29. The summed E-state index contributed by atoms with van der Waals surface area (Å²) in [6, 6.07) is 0. The molecule has 0 bridgehead atoms. The monoisotopic (exact) mass is 878 g/mol. The van der Waals surface area contributed by atoms with Crippen LogP contribution in [0.5, 0.6) is 0 Å². The predicted octanol–water partition coefficient (Wildman–Crippen LogP) is 14.8. The highest BCUT2D eigenvalue weighted by Gasteiger charge is 2.26. The number of unbranched alkanes of at least 4 members (excludes halogenated alkanes) is 23. The molecule has 0 aromatic carbocycles. The maximum atomic E-state index is 12.6. The summed E-state index contributed by atoms with van der Waals surface area (Å²) in [7, 11) is -4.39. The summed E-state index contributed by atoms with van der Waals surface area (Å²) >= 11 is 0. The number of phosphoric acid groups is 1. The number of phosphoric ester groups is 1. The summed E-state index contributed by atoms with van der Waals surface area (Å²) in [5.41, 5.74) is 5.36. The van der Waals surface area contributed by atoms with Crippen molar-refractivity contribution in [3.8, 4) is 0 Å². The van der Waals surface area contributed by atoms with Gasteiger partial charge in [-0.1, -0.05) is 209 Å². The standard InChI is InChI=1S/C51H92NO8P/c1-3-5-7-9-11-13-15-17-19-21-23-24-26-27-29-31-33-35-37-39-41-43-50(53)57-47-49(48-59-61(55,56)58-46-45-52)60-51(54)44-42-40-38-36-34-32-30-28-25-22-20-18-16-14-12-10-8-6-4-2/h6,8,12,14,18,20,25,28,32,34,49H,3-5,7,9-11,13,15-17,19,21-24,26-27,29-31,33,35-48,52H2,1-2H3,(H,55,56)/b8-6-,14-12-,20-18-,28-25-,34-32-. The van der Waals surface area contributed by atoms with Crippen molar-refractivity contribution in [2.45, 2.75) is 225 Å². The molecular weight excluding hydrogens is 786 g/mol. The van der Waals surface area contributed by atoms with E-state index in [0.717, 1.165) is 70.6 Å². The number of nitrogens with two attached hydrogens (primary N) is 1. The second kappa shape index (κ2) is 47.2. The minimum atomic E-state index is -4.39. The van der Waals surface area contributed by atoms with Crippen molar-refractivity contribution in [2.75, 3.05) is 26.4 Å². The van der Waals surface area contributed by atoms with Crippen LogP contribution < -0.4 is 5.73 Å². The molecular formula is C51H92NO8P. The molecule has 2 atom stereocenters. The van der Waals surface area contributed by atoms with E-state index < -0.39 is 26.5 Å². The Morgan fingerprint density at radius 3 is 1.34 bits per heavy atom. The van der Waals surface area contributed by atoms with Gasteiger partial charge in [-0.05, 0) is 57.8 Å². The first-order chi connectivity index (χ1) is 29.8. The minimum Gasteiger partial charge on any atom is -0.462 e. The van der Waals surface area contributed by atoms with Gasteiger partial charge >= 0.3 is 19.8 Å². The highest BCUT2D eigenvalue weighted by Crippen LogP contribution is 2.43. The molecule has 0 aromatic heterocycles. The van der Waals surface area contributed by atoms with E-state index in [1.807, 2.05) is 0 Å². The first kappa shape index (κ1) is 58.7. The number of hydrogen-bond acceptors (Lipinski definition) is 8. The number of carbonyl (C=O) groups is 2. The van der Waals surface area contributed by atoms with Crippen LogP contribution >= 0.6 is 7.82 Å². The maximum Gasteiger partial charge on any atom is 0.472 e. The fraction of sp³-hybridized carbons (Fsp3) is 0.765. The molecule has 0 saturated heterocycles. The van der Waals surface area contributed by atoms with Crippen molar-refractivity contribution >= 4 is 19.8 Å². The van der Waals surface area contributed by atoms with Gasteiger partial charge < -0.3 is 20.1 Å². The van der Waals surface area contributed by atoms with Crippen molar-refractivity contribution < 1.29 is 37.6 Å². The lowest BCUT2D eigenvalue weighted by Gasteiger charge is -2.19. The fourth-order valence-corrected chi connectivity index (χ4v) is 7.55. The van der Waals surface area contributed by atoms with Gasteiger partial charge in [-0.2, -0.15) is 0 Å². The second-order valence-corrected chi connectivity index (χ2v) is 17.8. The van der Waals surface area contributed by atoms with Crippen molar-refractivity contribution in [1.29, 1.82) is 0 Å². The van der Waals surface area contributed by atoms with Gasteiger partial charge in [0.05, 0.1) is 13.2 Å². The van der Waals surface area contributed by atoms with E-state index in [1.165, 1.54) is 116 Å². The third kappa shape index (κ3) is 47.0. The van der Waals surface area contributed by atoms with Gasteiger partial charge in [-0.3, -0.25) is 18.6 Å². The Labute approximate surface area is 374 Å². The quantitative estimate of drug-likeness (QED) is 0.0265. The topological polar surface area (TPSA) is 134 Å². The number of allylic oxidation sites excluding steroid dienone is 10. The molecule has 0 aliphatic heterocycles. The summed E-state index contributed by atoms with van der Waals surface area (Å²) in [6.07, 6.45) is 56.9. The Bertz CT molecular complexity index is 1180. The van der Waals surface area contributed by atoms with E-state index in [0.29, 0.717) is 6.42 Å². The van der Waals surface area contributed by atoms with Gasteiger partial charge in [-0.25, -0.2) is 4.57 Å². The van der Waals surface area contributed by atoms with Crippen molar-refractivity contribution in [2.24, 2.45) is 5.73 Å². The zero-order valence-electron chi connectivity index (χ0n) is 39.1. The highest BCUT2D eigenvalue weighted by atomic mass is 31.2. The number of rotatable bonds is 46. The normalized spacial score (nSPS) is 13.7. The molecule has 3 N–H and O–H groups in total. The molecule has 0 amide bonds. The Kier molecular flexibility index (Phi) is 45.4. The lowest BCUT2D eigenvalue weighted by molar-refractivity contribution is -0.161. The van der Waals surface area contributed by atoms with E-state index in [1.54, 1.807) is 0 Å². The summed E-state index contributed by atoms with van der Waals surface area (Å²) < 4.78 is 32.9. The van der Waals surface area contributed by atoms with Crippen LogP contribution in [0.25, 0.3) is 0 Å². The minimum absolute atomic E-state index is 0.0462.